The van der Waals surface area contributed by atoms with Crippen molar-refractivity contribution in [3.8, 4) is 0 Å². The molecule has 0 saturated carbocycles. The van der Waals surface area contributed by atoms with Gasteiger partial charge in [0, 0.05) is 6.54 Å². The molecule has 1 atom stereocenters. The monoisotopic (exact) mass is 300 g/mol. The Morgan fingerprint density at radius 1 is 1.40 bits per heavy atom. The molecule has 0 radical (unpaired) electrons. The number of aliphatic carboxylic acids is 1. The number of nitrogens with zero attached hydrogens (tertiary/aromatic N) is 1. The normalized spacial score (nSPS) is 18.7. The number of carbonyl (C=O) groups excluding carboxylic acids is 1. The highest BCUT2D eigenvalue weighted by Crippen LogP contribution is 2.26. The van der Waals surface area contributed by atoms with Crippen LogP contribution in [0.25, 0.3) is 0 Å². The molecule has 1 fully saturated rings. The maximum absolute atomic E-state index is 13.6. The Labute approximate surface area is 120 Å². The fraction of sp³-hybridized carbons (Fsp3) is 0.385. The highest BCUT2D eigenvalue weighted by Gasteiger charge is 2.32. The fourth-order valence-electron chi connectivity index (χ4n) is 2.23. The molecule has 2 N–H and O–H groups in total. The van der Waals surface area contributed by atoms with Gasteiger partial charge in [0.15, 0.2) is 0 Å². The number of halogens is 2. The van der Waals surface area contributed by atoms with Crippen molar-refractivity contribution < 1.29 is 19.1 Å². The van der Waals surface area contributed by atoms with Gasteiger partial charge in [-0.3, -0.25) is 0 Å². The van der Waals surface area contributed by atoms with Crippen molar-refractivity contribution in [2.45, 2.75) is 25.3 Å². The number of amides is 2. The molecule has 1 aliphatic rings. The van der Waals surface area contributed by atoms with Crippen LogP contribution in [0.15, 0.2) is 18.2 Å². The highest BCUT2D eigenvalue weighted by atomic mass is 35.5. The number of hydrogen-bond donors (Lipinski definition) is 2. The number of likely N-dealkylation sites (tertiary alicyclic amines) is 1. The smallest absolute Gasteiger partial charge is 0.326 e. The molecule has 1 unspecified atom stereocenters. The second-order valence-corrected chi connectivity index (χ2v) is 4.98. The van der Waals surface area contributed by atoms with Gasteiger partial charge in [0.2, 0.25) is 0 Å². The lowest BCUT2D eigenvalue weighted by Gasteiger charge is -2.32. The molecule has 5 nitrogen and oxygen atoms in total. The maximum Gasteiger partial charge on any atom is 0.326 e. The summed E-state index contributed by atoms with van der Waals surface area (Å²) >= 11 is 5.82. The van der Waals surface area contributed by atoms with Crippen LogP contribution < -0.4 is 5.32 Å². The standard InChI is InChI=1S/C13H14ClFN2O3/c14-8-4-3-5-9(15)11(8)16-13(20)17-7-2-1-6-10(17)12(18)19/h3-5,10H,1-2,6-7H2,(H,16,20)(H,18,19). The Morgan fingerprint density at radius 3 is 2.80 bits per heavy atom. The van der Waals surface area contributed by atoms with E-state index in [0.29, 0.717) is 13.0 Å². The van der Waals surface area contributed by atoms with E-state index in [-0.39, 0.29) is 10.7 Å². The summed E-state index contributed by atoms with van der Waals surface area (Å²) < 4.78 is 13.6. The number of urea groups is 1. The van der Waals surface area contributed by atoms with E-state index in [1.807, 2.05) is 0 Å². The summed E-state index contributed by atoms with van der Waals surface area (Å²) in [5, 5.41) is 11.5. The summed E-state index contributed by atoms with van der Waals surface area (Å²) in [5.74, 6) is -1.71. The van der Waals surface area contributed by atoms with Gasteiger partial charge >= 0.3 is 12.0 Å². The van der Waals surface area contributed by atoms with Crippen LogP contribution >= 0.6 is 11.6 Å². The van der Waals surface area contributed by atoms with E-state index < -0.39 is 23.9 Å². The van der Waals surface area contributed by atoms with Crippen molar-refractivity contribution in [1.82, 2.24) is 4.90 Å². The summed E-state index contributed by atoms with van der Waals surface area (Å²) in [7, 11) is 0. The van der Waals surface area contributed by atoms with Crippen molar-refractivity contribution in [2.75, 3.05) is 11.9 Å². The molecule has 1 aromatic carbocycles. The van der Waals surface area contributed by atoms with Gasteiger partial charge in [0.25, 0.3) is 0 Å². The minimum atomic E-state index is -1.06. The Morgan fingerprint density at radius 2 is 2.15 bits per heavy atom. The average Bonchev–Trinajstić information content (AvgIpc) is 2.43. The molecule has 20 heavy (non-hydrogen) atoms. The van der Waals surface area contributed by atoms with Gasteiger partial charge in [0.05, 0.1) is 10.7 Å². The fourth-order valence-corrected chi connectivity index (χ4v) is 2.44. The third kappa shape index (κ3) is 3.01. The van der Waals surface area contributed by atoms with Gasteiger partial charge < -0.3 is 15.3 Å². The first-order valence-electron chi connectivity index (χ1n) is 6.25. The lowest BCUT2D eigenvalue weighted by atomic mass is 10.0. The van der Waals surface area contributed by atoms with Gasteiger partial charge in [-0.15, -0.1) is 0 Å². The van der Waals surface area contributed by atoms with Gasteiger partial charge in [0.1, 0.15) is 11.9 Å². The Kier molecular flexibility index (Phi) is 4.44. The lowest BCUT2D eigenvalue weighted by Crippen LogP contribution is -2.49. The first-order valence-corrected chi connectivity index (χ1v) is 6.63. The van der Waals surface area contributed by atoms with Crippen molar-refractivity contribution >= 4 is 29.3 Å². The van der Waals surface area contributed by atoms with Crippen LogP contribution in [-0.4, -0.2) is 34.6 Å². The zero-order valence-corrected chi connectivity index (χ0v) is 11.4. The van der Waals surface area contributed by atoms with Crippen LogP contribution in [0.1, 0.15) is 19.3 Å². The zero-order chi connectivity index (χ0) is 14.7. The van der Waals surface area contributed by atoms with E-state index in [2.05, 4.69) is 5.32 Å². The number of carboxylic acid groups (broad SMARTS) is 1. The number of piperidine rings is 1. The quantitative estimate of drug-likeness (QED) is 0.882. The van der Waals surface area contributed by atoms with Crippen LogP contribution in [0.3, 0.4) is 0 Å². The van der Waals surface area contributed by atoms with E-state index in [4.69, 9.17) is 16.7 Å². The highest BCUT2D eigenvalue weighted by molar-refractivity contribution is 6.33. The number of para-hydroxylation sites is 1. The Hall–Kier alpha value is -1.82. The van der Waals surface area contributed by atoms with Crippen molar-refractivity contribution in [3.63, 3.8) is 0 Å². The van der Waals surface area contributed by atoms with Crippen molar-refractivity contribution in [3.05, 3.63) is 29.0 Å². The lowest BCUT2D eigenvalue weighted by molar-refractivity contribution is -0.143. The van der Waals surface area contributed by atoms with E-state index in [1.54, 1.807) is 0 Å². The topological polar surface area (TPSA) is 69.6 Å². The molecule has 0 spiro atoms. The molecule has 1 saturated heterocycles. The first-order chi connectivity index (χ1) is 9.50. The molecule has 1 aliphatic heterocycles. The number of carbonyl (C=O) groups is 2. The third-order valence-electron chi connectivity index (χ3n) is 3.24. The summed E-state index contributed by atoms with van der Waals surface area (Å²) in [4.78, 5) is 24.4. The van der Waals surface area contributed by atoms with E-state index in [1.165, 1.54) is 23.1 Å². The zero-order valence-electron chi connectivity index (χ0n) is 10.6. The molecule has 1 heterocycles. The molecule has 0 bridgehead atoms. The molecule has 2 amide bonds. The summed E-state index contributed by atoms with van der Waals surface area (Å²) in [5.41, 5.74) is -0.131. The second kappa shape index (κ2) is 6.09. The summed E-state index contributed by atoms with van der Waals surface area (Å²) in [6.07, 6.45) is 1.87. The number of benzene rings is 1. The van der Waals surface area contributed by atoms with Crippen LogP contribution in [0, 0.1) is 5.82 Å². The number of rotatable bonds is 2. The minimum absolute atomic E-state index is 0.0715. The van der Waals surface area contributed by atoms with Gasteiger partial charge in [-0.2, -0.15) is 0 Å². The SMILES string of the molecule is O=C(O)C1CCCCN1C(=O)Nc1c(F)cccc1Cl. The van der Waals surface area contributed by atoms with E-state index in [0.717, 1.165) is 12.8 Å². The third-order valence-corrected chi connectivity index (χ3v) is 3.56. The average molecular weight is 301 g/mol. The minimum Gasteiger partial charge on any atom is -0.480 e. The molecule has 108 valence electrons. The molecule has 0 aromatic heterocycles. The van der Waals surface area contributed by atoms with Crippen LogP contribution in [0.4, 0.5) is 14.9 Å². The molecule has 2 rings (SSSR count). The second-order valence-electron chi connectivity index (χ2n) is 4.57. The number of carboxylic acids is 1. The summed E-state index contributed by atoms with van der Waals surface area (Å²) in [6, 6.07) is 2.52. The van der Waals surface area contributed by atoms with Gasteiger partial charge in [-0.05, 0) is 31.4 Å². The predicted molar refractivity (Wildman–Crippen MR) is 72.4 cm³/mol. The van der Waals surface area contributed by atoms with Crippen LogP contribution in [0.5, 0.6) is 0 Å². The maximum atomic E-state index is 13.6. The Balaban J connectivity index is 2.16. The van der Waals surface area contributed by atoms with Crippen LogP contribution in [-0.2, 0) is 4.79 Å². The molecule has 7 heteroatoms. The van der Waals surface area contributed by atoms with E-state index in [9.17, 15) is 14.0 Å². The number of hydrogen-bond acceptors (Lipinski definition) is 2. The Bertz CT molecular complexity index is 518. The first kappa shape index (κ1) is 14.6. The number of anilines is 1. The molecular weight excluding hydrogens is 287 g/mol. The van der Waals surface area contributed by atoms with Gasteiger partial charge in [-0.1, -0.05) is 17.7 Å². The van der Waals surface area contributed by atoms with Crippen molar-refractivity contribution in [1.29, 1.82) is 0 Å². The molecule has 1 aromatic rings. The van der Waals surface area contributed by atoms with Gasteiger partial charge in [-0.25, -0.2) is 14.0 Å². The van der Waals surface area contributed by atoms with Crippen LogP contribution in [0.2, 0.25) is 5.02 Å². The van der Waals surface area contributed by atoms with E-state index >= 15 is 0 Å². The molecular formula is C13H14ClFN2O3. The number of nitrogens with one attached hydrogen (secondary N) is 1. The van der Waals surface area contributed by atoms with Crippen molar-refractivity contribution in [2.24, 2.45) is 0 Å². The summed E-state index contributed by atoms with van der Waals surface area (Å²) in [6.45, 7) is 0.328. The largest absolute Gasteiger partial charge is 0.480 e. The predicted octanol–water partition coefficient (Wildman–Crippen LogP) is 2.95. The molecule has 0 aliphatic carbocycles.